The third-order valence-electron chi connectivity index (χ3n) is 4.86. The molecule has 6 heteroatoms. The van der Waals surface area contributed by atoms with Crippen molar-refractivity contribution in [2.45, 2.75) is 70.3 Å². The molecule has 6 nitrogen and oxygen atoms in total. The van der Waals surface area contributed by atoms with Gasteiger partial charge in [0.1, 0.15) is 0 Å². The fourth-order valence-corrected chi connectivity index (χ4v) is 3.46. The van der Waals surface area contributed by atoms with Crippen molar-refractivity contribution in [3.63, 3.8) is 0 Å². The SMILES string of the molecule is O=C(CCc1nnc(CCC2CCCCC2)o1)NC1CCOC1. The Hall–Kier alpha value is -1.43. The van der Waals surface area contributed by atoms with Crippen LogP contribution in [-0.4, -0.2) is 35.4 Å². The van der Waals surface area contributed by atoms with Crippen LogP contribution in [0.5, 0.6) is 0 Å². The van der Waals surface area contributed by atoms with Crippen LogP contribution in [-0.2, 0) is 22.4 Å². The minimum atomic E-state index is 0.0301. The molecule has 1 unspecified atom stereocenters. The second-order valence-electron chi connectivity index (χ2n) is 6.76. The van der Waals surface area contributed by atoms with Crippen molar-refractivity contribution in [3.8, 4) is 0 Å². The van der Waals surface area contributed by atoms with Gasteiger partial charge in [-0.2, -0.15) is 0 Å². The molecule has 2 aliphatic rings. The van der Waals surface area contributed by atoms with Gasteiger partial charge in [0.2, 0.25) is 17.7 Å². The third-order valence-corrected chi connectivity index (χ3v) is 4.86. The second-order valence-corrected chi connectivity index (χ2v) is 6.76. The predicted octanol–water partition coefficient (Wildman–Crippen LogP) is 2.42. The van der Waals surface area contributed by atoms with Crippen LogP contribution in [0.25, 0.3) is 0 Å². The summed E-state index contributed by atoms with van der Waals surface area (Å²) in [6.45, 7) is 1.36. The highest BCUT2D eigenvalue weighted by Gasteiger charge is 2.18. The first kappa shape index (κ1) is 16.4. The monoisotopic (exact) mass is 321 g/mol. The summed E-state index contributed by atoms with van der Waals surface area (Å²) < 4.78 is 10.9. The summed E-state index contributed by atoms with van der Waals surface area (Å²) in [5, 5.41) is 11.1. The Bertz CT molecular complexity index is 491. The number of amides is 1. The third kappa shape index (κ3) is 5.30. The summed E-state index contributed by atoms with van der Waals surface area (Å²) in [6.07, 6.45) is 10.6. The Morgan fingerprint density at radius 2 is 1.87 bits per heavy atom. The van der Waals surface area contributed by atoms with Gasteiger partial charge in [0.25, 0.3) is 0 Å². The van der Waals surface area contributed by atoms with E-state index in [0.29, 0.717) is 25.3 Å². The minimum absolute atomic E-state index is 0.0301. The molecular weight excluding hydrogens is 294 g/mol. The van der Waals surface area contributed by atoms with Crippen LogP contribution < -0.4 is 5.32 Å². The van der Waals surface area contributed by atoms with E-state index in [2.05, 4.69) is 15.5 Å². The van der Waals surface area contributed by atoms with Crippen molar-refractivity contribution in [2.24, 2.45) is 5.92 Å². The molecule has 3 rings (SSSR count). The zero-order valence-corrected chi connectivity index (χ0v) is 13.8. The average Bonchev–Trinajstić information content (AvgIpc) is 3.24. The van der Waals surface area contributed by atoms with Crippen molar-refractivity contribution in [2.75, 3.05) is 13.2 Å². The molecular formula is C17H27N3O3. The molecule has 0 bridgehead atoms. The van der Waals surface area contributed by atoms with Crippen LogP contribution in [0.4, 0.5) is 0 Å². The van der Waals surface area contributed by atoms with Gasteiger partial charge in [-0.3, -0.25) is 4.79 Å². The number of carbonyl (C=O) groups excluding carboxylic acids is 1. The van der Waals surface area contributed by atoms with Gasteiger partial charge in [-0.25, -0.2) is 0 Å². The molecule has 1 N–H and O–H groups in total. The number of aryl methyl sites for hydroxylation is 2. The molecule has 0 spiro atoms. The number of ether oxygens (including phenoxy) is 1. The lowest BCUT2D eigenvalue weighted by molar-refractivity contribution is -0.121. The standard InChI is InChI=1S/C17H27N3O3/c21-15(18-14-10-11-22-12-14)7-9-17-20-19-16(23-17)8-6-13-4-2-1-3-5-13/h13-14H,1-12H2,(H,18,21). The number of hydrogen-bond donors (Lipinski definition) is 1. The summed E-state index contributed by atoms with van der Waals surface area (Å²) in [6, 6.07) is 0.163. The summed E-state index contributed by atoms with van der Waals surface area (Å²) in [7, 11) is 0. The van der Waals surface area contributed by atoms with Gasteiger partial charge in [0.15, 0.2) is 0 Å². The molecule has 2 heterocycles. The number of hydrogen-bond acceptors (Lipinski definition) is 5. The Morgan fingerprint density at radius 3 is 2.61 bits per heavy atom. The van der Waals surface area contributed by atoms with Crippen molar-refractivity contribution in [3.05, 3.63) is 11.8 Å². The Balaban J connectivity index is 1.35. The quantitative estimate of drug-likeness (QED) is 0.834. The molecule has 1 saturated heterocycles. The van der Waals surface area contributed by atoms with Gasteiger partial charge in [-0.15, -0.1) is 10.2 Å². The highest BCUT2D eigenvalue weighted by Crippen LogP contribution is 2.27. The Kier molecular flexibility index (Phi) is 6.02. The number of nitrogens with one attached hydrogen (secondary N) is 1. The highest BCUT2D eigenvalue weighted by molar-refractivity contribution is 5.76. The lowest BCUT2D eigenvalue weighted by Crippen LogP contribution is -2.35. The molecule has 0 aromatic carbocycles. The molecule has 0 radical (unpaired) electrons. The van der Waals surface area contributed by atoms with Crippen LogP contribution in [0.1, 0.15) is 63.1 Å². The van der Waals surface area contributed by atoms with E-state index >= 15 is 0 Å². The van der Waals surface area contributed by atoms with Gasteiger partial charge in [0, 0.05) is 25.9 Å². The number of aromatic nitrogens is 2. The first-order valence-corrected chi connectivity index (χ1v) is 8.98. The largest absolute Gasteiger partial charge is 0.425 e. The highest BCUT2D eigenvalue weighted by atomic mass is 16.5. The van der Waals surface area contributed by atoms with E-state index in [1.165, 1.54) is 32.1 Å². The van der Waals surface area contributed by atoms with E-state index in [-0.39, 0.29) is 11.9 Å². The molecule has 2 fully saturated rings. The summed E-state index contributed by atoms with van der Waals surface area (Å²) >= 11 is 0. The van der Waals surface area contributed by atoms with Crippen LogP contribution >= 0.6 is 0 Å². The number of carbonyl (C=O) groups is 1. The van der Waals surface area contributed by atoms with E-state index in [4.69, 9.17) is 9.15 Å². The van der Waals surface area contributed by atoms with Crippen molar-refractivity contribution < 1.29 is 13.9 Å². The molecule has 1 saturated carbocycles. The number of nitrogens with zero attached hydrogens (tertiary/aromatic N) is 2. The van der Waals surface area contributed by atoms with E-state index in [9.17, 15) is 4.79 Å². The zero-order valence-electron chi connectivity index (χ0n) is 13.8. The van der Waals surface area contributed by atoms with Gasteiger partial charge < -0.3 is 14.5 Å². The van der Waals surface area contributed by atoms with Gasteiger partial charge >= 0.3 is 0 Å². The topological polar surface area (TPSA) is 77.2 Å². The molecule has 1 amide bonds. The van der Waals surface area contributed by atoms with Gasteiger partial charge in [-0.1, -0.05) is 32.1 Å². The maximum absolute atomic E-state index is 11.9. The molecule has 128 valence electrons. The van der Waals surface area contributed by atoms with Crippen molar-refractivity contribution in [1.29, 1.82) is 0 Å². The smallest absolute Gasteiger partial charge is 0.220 e. The maximum Gasteiger partial charge on any atom is 0.220 e. The predicted molar refractivity (Wildman–Crippen MR) is 84.9 cm³/mol. The molecule has 1 aliphatic heterocycles. The fraction of sp³-hybridized carbons (Fsp3) is 0.824. The average molecular weight is 321 g/mol. The van der Waals surface area contributed by atoms with Crippen LogP contribution in [0, 0.1) is 5.92 Å². The second kappa shape index (κ2) is 8.43. The van der Waals surface area contributed by atoms with Gasteiger partial charge in [0.05, 0.1) is 12.6 Å². The van der Waals surface area contributed by atoms with Crippen LogP contribution in [0.2, 0.25) is 0 Å². The summed E-state index contributed by atoms with van der Waals surface area (Å²) in [5.41, 5.74) is 0. The minimum Gasteiger partial charge on any atom is -0.425 e. The van der Waals surface area contributed by atoms with E-state index in [1.54, 1.807) is 0 Å². The molecule has 1 aromatic rings. The lowest BCUT2D eigenvalue weighted by Gasteiger charge is -2.20. The lowest BCUT2D eigenvalue weighted by atomic mass is 9.86. The van der Waals surface area contributed by atoms with Crippen molar-refractivity contribution >= 4 is 5.91 Å². The van der Waals surface area contributed by atoms with E-state index < -0.39 is 0 Å². The molecule has 23 heavy (non-hydrogen) atoms. The van der Waals surface area contributed by atoms with Crippen molar-refractivity contribution in [1.82, 2.24) is 15.5 Å². The summed E-state index contributed by atoms with van der Waals surface area (Å²) in [4.78, 5) is 11.9. The molecule has 1 aliphatic carbocycles. The Morgan fingerprint density at radius 1 is 1.09 bits per heavy atom. The van der Waals surface area contributed by atoms with E-state index in [1.807, 2.05) is 0 Å². The normalized spacial score (nSPS) is 22.3. The maximum atomic E-state index is 11.9. The molecule has 1 aromatic heterocycles. The van der Waals surface area contributed by atoms with E-state index in [0.717, 1.165) is 37.7 Å². The van der Waals surface area contributed by atoms with Crippen LogP contribution in [0.15, 0.2) is 4.42 Å². The first-order valence-electron chi connectivity index (χ1n) is 8.98. The Labute approximate surface area is 137 Å². The summed E-state index contributed by atoms with van der Waals surface area (Å²) in [5.74, 6) is 2.14. The number of rotatable bonds is 7. The first-order chi connectivity index (χ1) is 11.3. The molecule has 1 atom stereocenters. The zero-order chi connectivity index (χ0) is 15.9. The van der Waals surface area contributed by atoms with Gasteiger partial charge in [-0.05, 0) is 18.8 Å². The van der Waals surface area contributed by atoms with Crippen LogP contribution in [0.3, 0.4) is 0 Å². The fourth-order valence-electron chi connectivity index (χ4n) is 3.46.